The predicted molar refractivity (Wildman–Crippen MR) is 50.1 cm³/mol. The average Bonchev–Trinajstić information content (AvgIpc) is 2.25. The summed E-state index contributed by atoms with van der Waals surface area (Å²) < 4.78 is 7.57. The van der Waals surface area contributed by atoms with Gasteiger partial charge in [0.25, 0.3) is 0 Å². The lowest BCUT2D eigenvalue weighted by Crippen LogP contribution is -2.10. The number of ether oxygens (including phenoxy) is 1. The second-order valence-corrected chi connectivity index (χ2v) is 3.41. The van der Waals surface area contributed by atoms with E-state index >= 15 is 0 Å². The zero-order valence-corrected chi connectivity index (χ0v) is 8.92. The molecule has 0 spiro atoms. The highest BCUT2D eigenvalue weighted by molar-refractivity contribution is 9.10. The van der Waals surface area contributed by atoms with Crippen LogP contribution in [0.25, 0.3) is 0 Å². The van der Waals surface area contributed by atoms with Crippen LogP contribution in [-0.2, 0) is 7.05 Å². The lowest BCUT2D eigenvalue weighted by atomic mass is 10.2. The van der Waals surface area contributed by atoms with Gasteiger partial charge in [0.05, 0.1) is 12.8 Å². The Kier molecular flexibility index (Phi) is 2.74. The zero-order chi connectivity index (χ0) is 9.30. The van der Waals surface area contributed by atoms with E-state index in [1.807, 2.05) is 14.0 Å². The fourth-order valence-corrected chi connectivity index (χ4v) is 1.97. The summed E-state index contributed by atoms with van der Waals surface area (Å²) in [7, 11) is 3.42. The molecule has 0 aliphatic carbocycles. The van der Waals surface area contributed by atoms with Gasteiger partial charge in [-0.1, -0.05) is 0 Å². The maximum Gasteiger partial charge on any atom is 0.247 e. The first kappa shape index (κ1) is 9.54. The minimum Gasteiger partial charge on any atom is -0.479 e. The molecule has 1 aromatic rings. The number of halogens is 1. The third kappa shape index (κ3) is 1.47. The van der Waals surface area contributed by atoms with E-state index in [1.165, 1.54) is 0 Å². The van der Waals surface area contributed by atoms with Gasteiger partial charge in [-0.25, -0.2) is 0 Å². The van der Waals surface area contributed by atoms with Gasteiger partial charge in [-0.2, -0.15) is 0 Å². The third-order valence-corrected chi connectivity index (χ3v) is 2.37. The standard InChI is InChI=1S/C7H12BrN3O/c1-4(9)6-5(8)7(12-3)10-11(6)2/h4H,9H2,1-3H3. The summed E-state index contributed by atoms with van der Waals surface area (Å²) in [6.07, 6.45) is 0. The van der Waals surface area contributed by atoms with Gasteiger partial charge in [0.15, 0.2) is 0 Å². The second-order valence-electron chi connectivity index (χ2n) is 2.62. The number of aryl methyl sites for hydroxylation is 1. The van der Waals surface area contributed by atoms with E-state index in [0.29, 0.717) is 5.88 Å². The monoisotopic (exact) mass is 233 g/mol. The Bertz CT molecular complexity index is 282. The van der Waals surface area contributed by atoms with Gasteiger partial charge in [0.1, 0.15) is 4.47 Å². The molecule has 0 radical (unpaired) electrons. The van der Waals surface area contributed by atoms with E-state index < -0.39 is 0 Å². The molecule has 5 heteroatoms. The first-order valence-electron chi connectivity index (χ1n) is 3.60. The van der Waals surface area contributed by atoms with Crippen molar-refractivity contribution >= 4 is 15.9 Å². The van der Waals surface area contributed by atoms with Gasteiger partial charge in [-0.15, -0.1) is 5.10 Å². The lowest BCUT2D eigenvalue weighted by Gasteiger charge is -2.04. The van der Waals surface area contributed by atoms with Crippen LogP contribution in [0.15, 0.2) is 4.47 Å². The molecule has 12 heavy (non-hydrogen) atoms. The average molecular weight is 234 g/mol. The van der Waals surface area contributed by atoms with Crippen LogP contribution >= 0.6 is 15.9 Å². The van der Waals surface area contributed by atoms with Crippen LogP contribution in [0.1, 0.15) is 18.7 Å². The summed E-state index contributed by atoms with van der Waals surface area (Å²) in [5, 5.41) is 4.12. The van der Waals surface area contributed by atoms with Crippen molar-refractivity contribution in [1.29, 1.82) is 0 Å². The van der Waals surface area contributed by atoms with E-state index in [0.717, 1.165) is 10.2 Å². The first-order valence-corrected chi connectivity index (χ1v) is 4.39. The van der Waals surface area contributed by atoms with Crippen molar-refractivity contribution in [3.05, 3.63) is 10.2 Å². The molecule has 0 saturated carbocycles. The van der Waals surface area contributed by atoms with Crippen LogP contribution in [0.3, 0.4) is 0 Å². The van der Waals surface area contributed by atoms with Gasteiger partial charge in [-0.05, 0) is 22.9 Å². The van der Waals surface area contributed by atoms with Gasteiger partial charge >= 0.3 is 0 Å². The summed E-state index contributed by atoms with van der Waals surface area (Å²) in [6, 6.07) is -0.0548. The van der Waals surface area contributed by atoms with Crippen molar-refractivity contribution in [2.24, 2.45) is 12.8 Å². The van der Waals surface area contributed by atoms with Crippen LogP contribution in [0, 0.1) is 0 Å². The molecule has 4 nitrogen and oxygen atoms in total. The maximum absolute atomic E-state index is 5.74. The van der Waals surface area contributed by atoms with Crippen molar-refractivity contribution in [2.75, 3.05) is 7.11 Å². The molecule has 1 atom stereocenters. The van der Waals surface area contributed by atoms with Crippen LogP contribution in [0.2, 0.25) is 0 Å². The normalized spacial score (nSPS) is 13.1. The fraction of sp³-hybridized carbons (Fsp3) is 0.571. The highest BCUT2D eigenvalue weighted by Crippen LogP contribution is 2.30. The second kappa shape index (κ2) is 3.45. The summed E-state index contributed by atoms with van der Waals surface area (Å²) in [6.45, 7) is 1.90. The van der Waals surface area contributed by atoms with E-state index in [-0.39, 0.29) is 6.04 Å². The molecule has 0 aromatic carbocycles. The number of hydrogen-bond donors (Lipinski definition) is 1. The van der Waals surface area contributed by atoms with E-state index in [2.05, 4.69) is 21.0 Å². The molecule has 2 N–H and O–H groups in total. The number of rotatable bonds is 2. The largest absolute Gasteiger partial charge is 0.479 e. The fourth-order valence-electron chi connectivity index (χ4n) is 1.11. The zero-order valence-electron chi connectivity index (χ0n) is 7.34. The Morgan fingerprint density at radius 3 is 2.50 bits per heavy atom. The summed E-state index contributed by atoms with van der Waals surface area (Å²) >= 11 is 3.37. The van der Waals surface area contributed by atoms with E-state index in [9.17, 15) is 0 Å². The third-order valence-electron chi connectivity index (χ3n) is 1.63. The van der Waals surface area contributed by atoms with Crippen molar-refractivity contribution < 1.29 is 4.74 Å². The van der Waals surface area contributed by atoms with Crippen LogP contribution in [0.5, 0.6) is 5.88 Å². The Hall–Kier alpha value is -0.550. The SMILES string of the molecule is COc1nn(C)c(C(C)N)c1Br. The molecule has 1 heterocycles. The molecule has 0 amide bonds. The Morgan fingerprint density at radius 1 is 1.67 bits per heavy atom. The topological polar surface area (TPSA) is 53.1 Å². The van der Waals surface area contributed by atoms with E-state index in [1.54, 1.807) is 11.8 Å². The maximum atomic E-state index is 5.74. The molecule has 0 fully saturated rings. The lowest BCUT2D eigenvalue weighted by molar-refractivity contribution is 0.389. The molecule has 0 saturated heterocycles. The molecule has 0 aliphatic rings. The first-order chi connectivity index (χ1) is 5.57. The number of hydrogen-bond acceptors (Lipinski definition) is 3. The van der Waals surface area contributed by atoms with Gasteiger partial charge in [0, 0.05) is 13.1 Å². The number of methoxy groups -OCH3 is 1. The summed E-state index contributed by atoms with van der Waals surface area (Å²) in [4.78, 5) is 0. The Morgan fingerprint density at radius 2 is 2.25 bits per heavy atom. The van der Waals surface area contributed by atoms with Gasteiger partial charge in [-0.3, -0.25) is 4.68 Å². The number of aromatic nitrogens is 2. The number of nitrogens with zero attached hydrogens (tertiary/aromatic N) is 2. The Labute approximate surface area is 79.8 Å². The van der Waals surface area contributed by atoms with Crippen molar-refractivity contribution in [3.63, 3.8) is 0 Å². The smallest absolute Gasteiger partial charge is 0.247 e. The Balaban J connectivity index is 3.19. The molecular weight excluding hydrogens is 222 g/mol. The molecule has 1 rings (SSSR count). The minimum absolute atomic E-state index is 0.0548. The highest BCUT2D eigenvalue weighted by Gasteiger charge is 2.16. The molecular formula is C7H12BrN3O. The number of nitrogens with two attached hydrogens (primary N) is 1. The van der Waals surface area contributed by atoms with Crippen LogP contribution in [0.4, 0.5) is 0 Å². The molecule has 1 unspecified atom stereocenters. The molecule has 0 aliphatic heterocycles. The van der Waals surface area contributed by atoms with Crippen molar-refractivity contribution in [3.8, 4) is 5.88 Å². The quantitative estimate of drug-likeness (QED) is 0.836. The minimum atomic E-state index is -0.0548. The van der Waals surface area contributed by atoms with Crippen LogP contribution < -0.4 is 10.5 Å². The summed E-state index contributed by atoms with van der Waals surface area (Å²) in [5.41, 5.74) is 6.67. The molecule has 68 valence electrons. The molecule has 1 aromatic heterocycles. The van der Waals surface area contributed by atoms with Crippen molar-refractivity contribution in [2.45, 2.75) is 13.0 Å². The highest BCUT2D eigenvalue weighted by atomic mass is 79.9. The van der Waals surface area contributed by atoms with Crippen LogP contribution in [-0.4, -0.2) is 16.9 Å². The van der Waals surface area contributed by atoms with Crippen molar-refractivity contribution in [1.82, 2.24) is 9.78 Å². The van der Waals surface area contributed by atoms with Gasteiger partial charge in [0.2, 0.25) is 5.88 Å². The molecule has 0 bridgehead atoms. The van der Waals surface area contributed by atoms with E-state index in [4.69, 9.17) is 10.5 Å². The predicted octanol–water partition coefficient (Wildman–Crippen LogP) is 1.21. The summed E-state index contributed by atoms with van der Waals surface area (Å²) in [5.74, 6) is 0.574. The van der Waals surface area contributed by atoms with Gasteiger partial charge < -0.3 is 10.5 Å².